The summed E-state index contributed by atoms with van der Waals surface area (Å²) in [5.41, 5.74) is 7.00. The van der Waals surface area contributed by atoms with Crippen molar-refractivity contribution in [3.05, 3.63) is 76.1 Å². The van der Waals surface area contributed by atoms with Gasteiger partial charge in [-0.3, -0.25) is 15.6 Å². The Balaban J connectivity index is 1.52. The van der Waals surface area contributed by atoms with Gasteiger partial charge in [-0.25, -0.2) is 4.79 Å². The van der Waals surface area contributed by atoms with Crippen LogP contribution in [0, 0.1) is 6.92 Å². The standard InChI is InChI=1S/C21H21N3O4S/c1-13-10-19(25)28-18-11-16(8-9-17(13)18)27-14(2)20(26)23-24-21(29)22-12-15-6-4-3-5-7-15/h3-11,14H,12H2,1-2H3,(H,23,26)(H2,22,24,29)/t14-/m1/s1. The molecule has 7 nitrogen and oxygen atoms in total. The maximum Gasteiger partial charge on any atom is 0.336 e. The number of nitrogens with one attached hydrogen (secondary N) is 3. The average Bonchev–Trinajstić information content (AvgIpc) is 2.70. The van der Waals surface area contributed by atoms with Crippen LogP contribution in [-0.4, -0.2) is 17.1 Å². The van der Waals surface area contributed by atoms with Crippen molar-refractivity contribution < 1.29 is 13.9 Å². The van der Waals surface area contributed by atoms with E-state index in [1.807, 2.05) is 37.3 Å². The molecule has 0 fully saturated rings. The normalized spacial score (nSPS) is 11.5. The number of benzene rings is 2. The summed E-state index contributed by atoms with van der Waals surface area (Å²) in [6.07, 6.45) is -0.798. The van der Waals surface area contributed by atoms with Gasteiger partial charge in [-0.15, -0.1) is 0 Å². The Morgan fingerprint density at radius 3 is 2.66 bits per heavy atom. The van der Waals surface area contributed by atoms with E-state index in [-0.39, 0.29) is 5.11 Å². The smallest absolute Gasteiger partial charge is 0.336 e. The molecular formula is C21H21N3O4S. The number of amides is 1. The number of aryl methyl sites for hydroxylation is 1. The molecule has 2 aromatic carbocycles. The highest BCUT2D eigenvalue weighted by Gasteiger charge is 2.15. The number of thiocarbonyl (C=S) groups is 1. The Morgan fingerprint density at radius 2 is 1.90 bits per heavy atom. The van der Waals surface area contributed by atoms with Gasteiger partial charge < -0.3 is 14.5 Å². The van der Waals surface area contributed by atoms with Gasteiger partial charge in [0.1, 0.15) is 11.3 Å². The summed E-state index contributed by atoms with van der Waals surface area (Å²) < 4.78 is 10.8. The van der Waals surface area contributed by atoms with Gasteiger partial charge in [0, 0.05) is 24.1 Å². The van der Waals surface area contributed by atoms with Gasteiger partial charge in [-0.05, 0) is 49.3 Å². The first-order valence-corrected chi connectivity index (χ1v) is 9.42. The molecule has 1 heterocycles. The molecule has 150 valence electrons. The zero-order valence-electron chi connectivity index (χ0n) is 16.0. The predicted octanol–water partition coefficient (Wildman–Crippen LogP) is 2.56. The van der Waals surface area contributed by atoms with Gasteiger partial charge in [-0.2, -0.15) is 0 Å². The van der Waals surface area contributed by atoms with Gasteiger partial charge >= 0.3 is 5.63 Å². The second-order valence-electron chi connectivity index (χ2n) is 6.45. The Morgan fingerprint density at radius 1 is 1.14 bits per heavy atom. The first-order chi connectivity index (χ1) is 13.9. The SMILES string of the molecule is Cc1cc(=O)oc2cc(O[C@H](C)C(=O)NNC(=S)NCc3ccccc3)ccc12. The molecule has 0 saturated heterocycles. The Labute approximate surface area is 173 Å². The molecule has 8 heteroatoms. The quantitative estimate of drug-likeness (QED) is 0.338. The predicted molar refractivity (Wildman–Crippen MR) is 114 cm³/mol. The fourth-order valence-corrected chi connectivity index (χ4v) is 2.80. The Bertz CT molecular complexity index is 1080. The highest BCUT2D eigenvalue weighted by molar-refractivity contribution is 7.80. The number of carbonyl (C=O) groups is 1. The lowest BCUT2D eigenvalue weighted by atomic mass is 10.1. The van der Waals surface area contributed by atoms with Crippen LogP contribution in [0.4, 0.5) is 0 Å². The van der Waals surface area contributed by atoms with Crippen LogP contribution in [0.5, 0.6) is 5.75 Å². The molecule has 1 atom stereocenters. The molecule has 0 saturated carbocycles. The molecule has 0 spiro atoms. The van der Waals surface area contributed by atoms with E-state index < -0.39 is 17.6 Å². The zero-order chi connectivity index (χ0) is 20.8. The fraction of sp³-hybridized carbons (Fsp3) is 0.190. The summed E-state index contributed by atoms with van der Waals surface area (Å²) in [4.78, 5) is 23.8. The van der Waals surface area contributed by atoms with E-state index in [1.54, 1.807) is 25.1 Å². The fourth-order valence-electron chi connectivity index (χ4n) is 2.68. The van der Waals surface area contributed by atoms with Gasteiger partial charge in [-0.1, -0.05) is 30.3 Å². The second kappa shape index (κ2) is 9.20. The second-order valence-corrected chi connectivity index (χ2v) is 6.86. The van der Waals surface area contributed by atoms with Gasteiger partial charge in [0.05, 0.1) is 0 Å². The van der Waals surface area contributed by atoms with Gasteiger partial charge in [0.25, 0.3) is 5.91 Å². The topological polar surface area (TPSA) is 92.6 Å². The molecule has 0 aliphatic rings. The first kappa shape index (κ1) is 20.3. The number of rotatable bonds is 5. The van der Waals surface area contributed by atoms with E-state index in [0.29, 0.717) is 17.9 Å². The van der Waals surface area contributed by atoms with Crippen LogP contribution in [0.3, 0.4) is 0 Å². The lowest BCUT2D eigenvalue weighted by Gasteiger charge is -2.16. The number of hydrogen-bond acceptors (Lipinski definition) is 5. The minimum Gasteiger partial charge on any atom is -0.481 e. The summed E-state index contributed by atoms with van der Waals surface area (Å²) >= 11 is 5.15. The molecule has 29 heavy (non-hydrogen) atoms. The summed E-state index contributed by atoms with van der Waals surface area (Å²) in [6, 6.07) is 16.3. The zero-order valence-corrected chi connectivity index (χ0v) is 16.8. The van der Waals surface area contributed by atoms with Gasteiger partial charge in [0.15, 0.2) is 11.2 Å². The van der Waals surface area contributed by atoms with Crippen LogP contribution in [0.25, 0.3) is 11.0 Å². The van der Waals surface area contributed by atoms with Crippen LogP contribution in [-0.2, 0) is 11.3 Å². The van der Waals surface area contributed by atoms with E-state index in [9.17, 15) is 9.59 Å². The third-order valence-corrected chi connectivity index (χ3v) is 4.45. The number of hydrogen-bond donors (Lipinski definition) is 3. The molecular weight excluding hydrogens is 390 g/mol. The molecule has 3 N–H and O–H groups in total. The van der Waals surface area contributed by atoms with Crippen molar-refractivity contribution >= 4 is 34.2 Å². The van der Waals surface area contributed by atoms with Crippen LogP contribution in [0.1, 0.15) is 18.1 Å². The average molecular weight is 411 g/mol. The van der Waals surface area contributed by atoms with Crippen molar-refractivity contribution in [3.63, 3.8) is 0 Å². The minimum atomic E-state index is -0.798. The highest BCUT2D eigenvalue weighted by Crippen LogP contribution is 2.22. The van der Waals surface area contributed by atoms with Gasteiger partial charge in [0.2, 0.25) is 0 Å². The molecule has 3 rings (SSSR count). The van der Waals surface area contributed by atoms with Crippen molar-refractivity contribution in [2.24, 2.45) is 0 Å². The number of ether oxygens (including phenoxy) is 1. The Hall–Kier alpha value is -3.39. The molecule has 1 amide bonds. The first-order valence-electron chi connectivity index (χ1n) is 9.01. The number of hydrazine groups is 1. The molecule has 0 bridgehead atoms. The van der Waals surface area contributed by atoms with E-state index in [0.717, 1.165) is 16.5 Å². The molecule has 0 aliphatic carbocycles. The third-order valence-electron chi connectivity index (χ3n) is 4.20. The summed E-state index contributed by atoms with van der Waals surface area (Å²) in [7, 11) is 0. The largest absolute Gasteiger partial charge is 0.481 e. The van der Waals surface area contributed by atoms with E-state index in [1.165, 1.54) is 6.07 Å². The maximum atomic E-state index is 12.2. The third kappa shape index (κ3) is 5.55. The Kier molecular flexibility index (Phi) is 6.46. The molecule has 0 unspecified atom stereocenters. The lowest BCUT2D eigenvalue weighted by molar-refractivity contribution is -0.127. The van der Waals surface area contributed by atoms with Crippen LogP contribution in [0.2, 0.25) is 0 Å². The molecule has 1 aromatic heterocycles. The van der Waals surface area contributed by atoms with Crippen LogP contribution < -0.4 is 26.5 Å². The molecule has 0 aliphatic heterocycles. The maximum absolute atomic E-state index is 12.2. The number of fused-ring (bicyclic) bond motifs is 1. The lowest BCUT2D eigenvalue weighted by Crippen LogP contribution is -2.50. The van der Waals surface area contributed by atoms with Crippen molar-refractivity contribution in [1.82, 2.24) is 16.2 Å². The van der Waals surface area contributed by atoms with Crippen LogP contribution >= 0.6 is 12.2 Å². The number of carbonyl (C=O) groups excluding carboxylic acids is 1. The van der Waals surface area contributed by atoms with E-state index >= 15 is 0 Å². The summed E-state index contributed by atoms with van der Waals surface area (Å²) in [6.45, 7) is 3.97. The van der Waals surface area contributed by atoms with Crippen LogP contribution in [0.15, 0.2) is 63.8 Å². The molecule has 0 radical (unpaired) electrons. The van der Waals surface area contributed by atoms with Crippen molar-refractivity contribution in [2.75, 3.05) is 0 Å². The minimum absolute atomic E-state index is 0.289. The summed E-state index contributed by atoms with van der Waals surface area (Å²) in [5.74, 6) is 0.0123. The monoisotopic (exact) mass is 411 g/mol. The van der Waals surface area contributed by atoms with Crippen molar-refractivity contribution in [1.29, 1.82) is 0 Å². The van der Waals surface area contributed by atoms with E-state index in [4.69, 9.17) is 21.4 Å². The van der Waals surface area contributed by atoms with E-state index in [2.05, 4.69) is 16.2 Å². The van der Waals surface area contributed by atoms with Crippen molar-refractivity contribution in [2.45, 2.75) is 26.5 Å². The molecule has 3 aromatic rings. The highest BCUT2D eigenvalue weighted by atomic mass is 32.1. The van der Waals surface area contributed by atoms with Crippen molar-refractivity contribution in [3.8, 4) is 5.75 Å². The summed E-state index contributed by atoms with van der Waals surface area (Å²) in [5, 5.41) is 4.10.